The Bertz CT molecular complexity index is 514. The van der Waals surface area contributed by atoms with Crippen LogP contribution in [0.2, 0.25) is 0 Å². The topological polar surface area (TPSA) is 63.2 Å². The van der Waals surface area contributed by atoms with Gasteiger partial charge in [-0.2, -0.15) is 0 Å². The molecule has 1 N–H and O–H groups in total. The van der Waals surface area contributed by atoms with Gasteiger partial charge in [0.25, 0.3) is 10.0 Å². The number of carbonyl (C=O) groups excluding carboxylic acids is 1. The summed E-state index contributed by atoms with van der Waals surface area (Å²) in [5.74, 6) is -0.614. The fraction of sp³-hybridized carbons (Fsp3) is 0.500. The summed E-state index contributed by atoms with van der Waals surface area (Å²) in [6.45, 7) is 5.21. The van der Waals surface area contributed by atoms with E-state index in [1.807, 2.05) is 0 Å². The van der Waals surface area contributed by atoms with Crippen LogP contribution in [0.15, 0.2) is 15.7 Å². The zero-order valence-corrected chi connectivity index (χ0v) is 12.2. The molecule has 7 heteroatoms. The van der Waals surface area contributed by atoms with Crippen molar-refractivity contribution in [3.63, 3.8) is 0 Å². The summed E-state index contributed by atoms with van der Waals surface area (Å²) in [4.78, 5) is 11.5. The fourth-order valence-corrected chi connectivity index (χ4v) is 4.18. The second-order valence-corrected chi connectivity index (χ2v) is 7.60. The van der Waals surface area contributed by atoms with Crippen LogP contribution in [-0.2, 0) is 10.0 Å². The Morgan fingerprint density at radius 3 is 2.53 bits per heavy atom. The first-order chi connectivity index (χ1) is 7.67. The number of halogens is 1. The number of thiophene rings is 1. The highest BCUT2D eigenvalue weighted by molar-refractivity contribution is 7.91. The quantitative estimate of drug-likeness (QED) is 0.684. The second kappa shape index (κ2) is 5.06. The smallest absolute Gasteiger partial charge is 0.251 e. The van der Waals surface area contributed by atoms with Crippen LogP contribution in [0.4, 0.5) is 0 Å². The maximum atomic E-state index is 12.1. The molecule has 0 radical (unpaired) electrons. The summed E-state index contributed by atoms with van der Waals surface area (Å²) in [6.07, 6.45) is 0. The van der Waals surface area contributed by atoms with E-state index in [0.717, 1.165) is 11.3 Å². The number of hydrogen-bond donors (Lipinski definition) is 1. The van der Waals surface area contributed by atoms with E-state index < -0.39 is 15.6 Å². The van der Waals surface area contributed by atoms with Gasteiger partial charge in [0.05, 0.1) is 5.88 Å². The van der Waals surface area contributed by atoms with Gasteiger partial charge in [-0.25, -0.2) is 13.1 Å². The third kappa shape index (κ3) is 3.77. The van der Waals surface area contributed by atoms with Crippen molar-refractivity contribution in [2.45, 2.75) is 30.5 Å². The largest absolute Gasteiger partial charge is 0.293 e. The number of alkyl halides is 1. The number of hydrogen-bond acceptors (Lipinski definition) is 4. The van der Waals surface area contributed by atoms with E-state index in [9.17, 15) is 13.2 Å². The minimum atomic E-state index is -3.67. The first-order valence-corrected chi connectivity index (χ1v) is 7.78. The molecular weight excluding hydrogens is 282 g/mol. The van der Waals surface area contributed by atoms with E-state index >= 15 is 0 Å². The van der Waals surface area contributed by atoms with Gasteiger partial charge in [-0.15, -0.1) is 22.9 Å². The van der Waals surface area contributed by atoms with Crippen LogP contribution in [0.1, 0.15) is 31.1 Å². The van der Waals surface area contributed by atoms with Crippen molar-refractivity contribution < 1.29 is 13.2 Å². The molecule has 1 aromatic rings. The maximum absolute atomic E-state index is 12.1. The molecule has 0 fully saturated rings. The summed E-state index contributed by atoms with van der Waals surface area (Å²) in [5.41, 5.74) is -0.439. The van der Waals surface area contributed by atoms with Gasteiger partial charge in [0.2, 0.25) is 0 Å². The third-order valence-electron chi connectivity index (χ3n) is 1.74. The minimum absolute atomic E-state index is 0.0260. The van der Waals surface area contributed by atoms with Crippen molar-refractivity contribution in [2.24, 2.45) is 0 Å². The number of sulfonamides is 1. The Kier molecular flexibility index (Phi) is 4.35. The average Bonchev–Trinajstić information content (AvgIpc) is 2.61. The van der Waals surface area contributed by atoms with E-state index in [1.165, 1.54) is 6.07 Å². The molecule has 1 aromatic heterocycles. The van der Waals surface area contributed by atoms with E-state index in [-0.39, 0.29) is 21.4 Å². The standard InChI is InChI=1S/C10H14ClNO3S2/c1-10(2,3)12-17(14,15)9-7(4-5-16-9)8(13)6-11/h4-5,12H,6H2,1-3H3. The van der Waals surface area contributed by atoms with Crippen molar-refractivity contribution in [2.75, 3.05) is 5.88 Å². The number of ketones is 1. The van der Waals surface area contributed by atoms with Gasteiger partial charge in [0, 0.05) is 11.1 Å². The zero-order valence-electron chi connectivity index (χ0n) is 9.78. The molecule has 0 aromatic carbocycles. The third-order valence-corrected chi connectivity index (χ3v) is 5.22. The van der Waals surface area contributed by atoms with Gasteiger partial charge in [-0.05, 0) is 32.2 Å². The SMILES string of the molecule is CC(C)(C)NS(=O)(=O)c1sccc1C(=O)CCl. The predicted octanol–water partition coefficient (Wildman–Crippen LogP) is 2.25. The summed E-state index contributed by atoms with van der Waals surface area (Å²) < 4.78 is 26.6. The first-order valence-electron chi connectivity index (χ1n) is 4.88. The van der Waals surface area contributed by atoms with Crippen LogP contribution in [0.5, 0.6) is 0 Å². The number of nitrogens with one attached hydrogen (secondary N) is 1. The number of Topliss-reactive ketones (excluding diaryl/α,β-unsaturated/α-hetero) is 1. The van der Waals surface area contributed by atoms with Gasteiger partial charge >= 0.3 is 0 Å². The molecule has 17 heavy (non-hydrogen) atoms. The lowest BCUT2D eigenvalue weighted by Gasteiger charge is -2.20. The molecule has 0 aliphatic carbocycles. The zero-order chi connectivity index (χ0) is 13.3. The molecule has 0 bridgehead atoms. The van der Waals surface area contributed by atoms with Gasteiger partial charge in [0.1, 0.15) is 4.21 Å². The molecule has 0 aliphatic heterocycles. The lowest BCUT2D eigenvalue weighted by Crippen LogP contribution is -2.40. The van der Waals surface area contributed by atoms with Gasteiger partial charge < -0.3 is 0 Å². The number of rotatable bonds is 4. The molecule has 1 heterocycles. The van der Waals surface area contributed by atoms with Crippen LogP contribution < -0.4 is 4.72 Å². The Labute approximate surface area is 110 Å². The van der Waals surface area contributed by atoms with E-state index in [0.29, 0.717) is 0 Å². The second-order valence-electron chi connectivity index (χ2n) is 4.53. The van der Waals surface area contributed by atoms with Crippen LogP contribution in [0, 0.1) is 0 Å². The molecule has 0 saturated heterocycles. The van der Waals surface area contributed by atoms with Crippen molar-refractivity contribution in [1.82, 2.24) is 4.72 Å². The summed E-state index contributed by atoms with van der Waals surface area (Å²) in [5, 5.41) is 1.57. The lowest BCUT2D eigenvalue weighted by molar-refractivity contribution is 0.101. The van der Waals surface area contributed by atoms with E-state index in [2.05, 4.69) is 4.72 Å². The lowest BCUT2D eigenvalue weighted by atomic mass is 10.1. The molecule has 0 saturated carbocycles. The molecular formula is C10H14ClNO3S2. The van der Waals surface area contributed by atoms with Crippen LogP contribution in [0.25, 0.3) is 0 Å². The van der Waals surface area contributed by atoms with Crippen molar-refractivity contribution >= 4 is 38.7 Å². The summed E-state index contributed by atoms with van der Waals surface area (Å²) >= 11 is 6.45. The number of carbonyl (C=O) groups is 1. The molecule has 0 unspecified atom stereocenters. The Hall–Kier alpha value is -0.430. The normalized spacial score (nSPS) is 12.7. The fourth-order valence-electron chi connectivity index (χ4n) is 1.23. The summed E-state index contributed by atoms with van der Waals surface area (Å²) in [7, 11) is -3.67. The Morgan fingerprint density at radius 2 is 2.06 bits per heavy atom. The van der Waals surface area contributed by atoms with Crippen LogP contribution in [0.3, 0.4) is 0 Å². The molecule has 0 spiro atoms. The van der Waals surface area contributed by atoms with E-state index in [4.69, 9.17) is 11.6 Å². The van der Waals surface area contributed by atoms with Crippen molar-refractivity contribution in [3.05, 3.63) is 17.0 Å². The highest BCUT2D eigenvalue weighted by Crippen LogP contribution is 2.24. The molecule has 4 nitrogen and oxygen atoms in total. The molecule has 96 valence electrons. The molecule has 0 amide bonds. The highest BCUT2D eigenvalue weighted by Gasteiger charge is 2.27. The Morgan fingerprint density at radius 1 is 1.47 bits per heavy atom. The maximum Gasteiger partial charge on any atom is 0.251 e. The minimum Gasteiger partial charge on any atom is -0.293 e. The summed E-state index contributed by atoms with van der Waals surface area (Å²) in [6, 6.07) is 1.48. The van der Waals surface area contributed by atoms with Crippen LogP contribution in [-0.4, -0.2) is 25.6 Å². The monoisotopic (exact) mass is 295 g/mol. The molecule has 1 rings (SSSR count). The average molecular weight is 296 g/mol. The van der Waals surface area contributed by atoms with Crippen LogP contribution >= 0.6 is 22.9 Å². The Balaban J connectivity index is 3.17. The van der Waals surface area contributed by atoms with Gasteiger partial charge in [-0.3, -0.25) is 4.79 Å². The molecule has 0 atom stereocenters. The van der Waals surface area contributed by atoms with Crippen molar-refractivity contribution in [3.8, 4) is 0 Å². The first kappa shape index (κ1) is 14.6. The molecule has 0 aliphatic rings. The van der Waals surface area contributed by atoms with E-state index in [1.54, 1.807) is 26.2 Å². The van der Waals surface area contributed by atoms with Gasteiger partial charge in [-0.1, -0.05) is 0 Å². The predicted molar refractivity (Wildman–Crippen MR) is 69.4 cm³/mol. The van der Waals surface area contributed by atoms with Crippen molar-refractivity contribution in [1.29, 1.82) is 0 Å². The highest BCUT2D eigenvalue weighted by atomic mass is 35.5. The van der Waals surface area contributed by atoms with Gasteiger partial charge in [0.15, 0.2) is 5.78 Å².